The van der Waals surface area contributed by atoms with Gasteiger partial charge in [-0.2, -0.15) is 0 Å². The minimum Gasteiger partial charge on any atom is -0.327 e. The molecule has 2 rings (SSSR count). The number of imide groups is 2. The monoisotopic (exact) mass is 306 g/mol. The Kier molecular flexibility index (Phi) is 4.84. The van der Waals surface area contributed by atoms with Gasteiger partial charge in [0.2, 0.25) is 0 Å². The molecule has 2 atom stereocenters. The highest BCUT2D eigenvalue weighted by Crippen LogP contribution is 2.16. The molecule has 8 heteroatoms. The van der Waals surface area contributed by atoms with E-state index in [-0.39, 0.29) is 12.1 Å². The zero-order valence-corrected chi connectivity index (χ0v) is 11.9. The first-order valence-corrected chi connectivity index (χ1v) is 6.98. The average Bonchev–Trinajstić information content (AvgIpc) is 2.89. The van der Waals surface area contributed by atoms with E-state index >= 15 is 0 Å². The van der Waals surface area contributed by atoms with E-state index in [1.807, 2.05) is 0 Å². The zero-order chi connectivity index (χ0) is 16.3. The highest BCUT2D eigenvalue weighted by atomic mass is 16.2. The first kappa shape index (κ1) is 16.1. The molecule has 0 aromatic rings. The first-order chi connectivity index (χ1) is 10.3. The quantitative estimate of drug-likeness (QED) is 0.415. The highest BCUT2D eigenvalue weighted by Gasteiger charge is 2.24. The van der Waals surface area contributed by atoms with Crippen LogP contribution in [0, 0.1) is 0 Å². The molecule has 22 heavy (non-hydrogen) atoms. The smallest absolute Gasteiger partial charge is 0.254 e. The third-order valence-corrected chi connectivity index (χ3v) is 3.54. The summed E-state index contributed by atoms with van der Waals surface area (Å²) in [7, 11) is 0. The minimum absolute atomic E-state index is 0.298. The number of rotatable bonds is 7. The molecular weight excluding hydrogens is 288 g/mol. The fourth-order valence-electron chi connectivity index (χ4n) is 2.40. The second-order valence-electron chi connectivity index (χ2n) is 5.48. The lowest BCUT2D eigenvalue weighted by molar-refractivity contribution is -0.125. The highest BCUT2D eigenvalue weighted by molar-refractivity contribution is 6.16. The van der Waals surface area contributed by atoms with E-state index in [0.29, 0.717) is 36.8 Å². The number of nitrogens with two attached hydrogens (primary N) is 2. The van der Waals surface area contributed by atoms with Crippen molar-refractivity contribution < 1.29 is 19.2 Å². The molecule has 0 aromatic carbocycles. The largest absolute Gasteiger partial charge is 0.327 e. The molecule has 4 amide bonds. The Hall–Kier alpha value is -2.32. The van der Waals surface area contributed by atoms with E-state index < -0.39 is 23.6 Å². The fraction of sp³-hybridized carbons (Fsp3) is 0.429. The minimum atomic E-state index is -0.423. The molecule has 0 spiro atoms. The van der Waals surface area contributed by atoms with Gasteiger partial charge in [-0.1, -0.05) is 0 Å². The lowest BCUT2D eigenvalue weighted by Gasteiger charge is -2.15. The Morgan fingerprint density at radius 2 is 1.14 bits per heavy atom. The zero-order valence-electron chi connectivity index (χ0n) is 11.9. The van der Waals surface area contributed by atoms with Gasteiger partial charge in [0, 0.05) is 35.4 Å². The maximum Gasteiger partial charge on any atom is 0.254 e. The topological polar surface area (TPSA) is 144 Å². The van der Waals surface area contributed by atoms with Gasteiger partial charge in [0.15, 0.2) is 0 Å². The Morgan fingerprint density at radius 3 is 1.41 bits per heavy atom. The molecule has 0 bridgehead atoms. The van der Waals surface area contributed by atoms with Crippen LogP contribution >= 0.6 is 0 Å². The van der Waals surface area contributed by atoms with Gasteiger partial charge in [-0.15, -0.1) is 0 Å². The molecule has 118 valence electrons. The summed E-state index contributed by atoms with van der Waals surface area (Å²) in [6, 6.07) is -0.607. The Bertz CT molecular complexity index is 542. The molecule has 0 aromatic heterocycles. The molecule has 0 aliphatic carbocycles. The summed E-state index contributed by atoms with van der Waals surface area (Å²) < 4.78 is 0. The molecule has 0 saturated carbocycles. The van der Waals surface area contributed by atoms with E-state index in [4.69, 9.17) is 11.5 Å². The maximum atomic E-state index is 11.4. The molecular formula is C14H18N4O4. The molecule has 0 fully saturated rings. The predicted octanol–water partition coefficient (Wildman–Crippen LogP) is -1.63. The van der Waals surface area contributed by atoms with Crippen LogP contribution in [0.25, 0.3) is 0 Å². The van der Waals surface area contributed by atoms with E-state index in [1.165, 1.54) is 12.2 Å². The fourth-order valence-corrected chi connectivity index (χ4v) is 2.40. The van der Waals surface area contributed by atoms with Crippen molar-refractivity contribution in [3.05, 3.63) is 23.3 Å². The van der Waals surface area contributed by atoms with Crippen LogP contribution < -0.4 is 22.1 Å². The molecule has 6 N–H and O–H groups in total. The van der Waals surface area contributed by atoms with E-state index in [1.54, 1.807) is 0 Å². The van der Waals surface area contributed by atoms with Gasteiger partial charge in [0.05, 0.1) is 0 Å². The third kappa shape index (κ3) is 4.09. The normalized spacial score (nSPS) is 20.5. The Balaban J connectivity index is 1.75. The lowest BCUT2D eigenvalue weighted by Crippen LogP contribution is -2.30. The van der Waals surface area contributed by atoms with Crippen LogP contribution in [0.15, 0.2) is 23.3 Å². The predicted molar refractivity (Wildman–Crippen MR) is 76.9 cm³/mol. The van der Waals surface area contributed by atoms with E-state index in [2.05, 4.69) is 10.6 Å². The van der Waals surface area contributed by atoms with Crippen LogP contribution in [-0.2, 0) is 19.2 Å². The lowest BCUT2D eigenvalue weighted by atomic mass is 9.97. The number of carbonyl (C=O) groups excluding carboxylic acids is 4. The van der Waals surface area contributed by atoms with Crippen molar-refractivity contribution in [1.82, 2.24) is 10.6 Å². The number of carbonyl (C=O) groups is 4. The van der Waals surface area contributed by atoms with Crippen LogP contribution in [0.4, 0.5) is 0 Å². The van der Waals surface area contributed by atoms with Crippen molar-refractivity contribution in [2.45, 2.75) is 37.8 Å². The van der Waals surface area contributed by atoms with Crippen molar-refractivity contribution in [1.29, 1.82) is 0 Å². The second kappa shape index (κ2) is 6.63. The molecule has 2 unspecified atom stereocenters. The number of amides is 4. The van der Waals surface area contributed by atoms with Crippen LogP contribution in [-0.4, -0.2) is 35.7 Å². The summed E-state index contributed by atoms with van der Waals surface area (Å²) in [4.78, 5) is 44.8. The standard InChI is InChI=1S/C14H18N4O4/c15-9(3-7-5-11(19)17-13(7)21)1-2-10(16)4-8-6-12(20)18-14(8)22/h5-6,9-10H,1-4,15-16H2,(H,17,19,21)(H,18,20,22). The van der Waals surface area contributed by atoms with Crippen molar-refractivity contribution >= 4 is 23.6 Å². The maximum absolute atomic E-state index is 11.4. The first-order valence-electron chi connectivity index (χ1n) is 6.98. The molecule has 2 heterocycles. The number of hydrogen-bond donors (Lipinski definition) is 4. The summed E-state index contributed by atoms with van der Waals surface area (Å²) in [5.41, 5.74) is 12.6. The molecule has 0 radical (unpaired) electrons. The average molecular weight is 306 g/mol. The number of nitrogens with one attached hydrogen (secondary N) is 2. The molecule has 8 nitrogen and oxygen atoms in total. The van der Waals surface area contributed by atoms with Gasteiger partial charge in [0.1, 0.15) is 0 Å². The van der Waals surface area contributed by atoms with E-state index in [9.17, 15) is 19.2 Å². The van der Waals surface area contributed by atoms with Crippen LogP contribution in [0.5, 0.6) is 0 Å². The second-order valence-corrected chi connectivity index (χ2v) is 5.48. The van der Waals surface area contributed by atoms with Gasteiger partial charge < -0.3 is 11.5 Å². The number of hydrogen-bond acceptors (Lipinski definition) is 6. The van der Waals surface area contributed by atoms with Crippen molar-refractivity contribution in [2.75, 3.05) is 0 Å². The van der Waals surface area contributed by atoms with Crippen LogP contribution in [0.3, 0.4) is 0 Å². The molecule has 2 aliphatic rings. The summed E-state index contributed by atoms with van der Waals surface area (Å²) in [5.74, 6) is -1.66. The SMILES string of the molecule is NC(CCC(N)CC1=CC(=O)NC1=O)CC1=CC(=O)NC1=O. The van der Waals surface area contributed by atoms with Crippen molar-refractivity contribution in [2.24, 2.45) is 11.5 Å². The van der Waals surface area contributed by atoms with Gasteiger partial charge in [-0.3, -0.25) is 29.8 Å². The summed E-state index contributed by atoms with van der Waals surface area (Å²) in [5, 5.41) is 4.32. The summed E-state index contributed by atoms with van der Waals surface area (Å²) >= 11 is 0. The van der Waals surface area contributed by atoms with Crippen LogP contribution in [0.1, 0.15) is 25.7 Å². The van der Waals surface area contributed by atoms with Crippen molar-refractivity contribution in [3.8, 4) is 0 Å². The summed E-state index contributed by atoms with van der Waals surface area (Å²) in [6.45, 7) is 0. The Morgan fingerprint density at radius 1 is 0.773 bits per heavy atom. The van der Waals surface area contributed by atoms with Crippen LogP contribution in [0.2, 0.25) is 0 Å². The molecule has 0 saturated heterocycles. The van der Waals surface area contributed by atoms with Gasteiger partial charge in [-0.05, 0) is 25.7 Å². The van der Waals surface area contributed by atoms with E-state index in [0.717, 1.165) is 0 Å². The third-order valence-electron chi connectivity index (χ3n) is 3.54. The summed E-state index contributed by atoms with van der Waals surface area (Å²) in [6.07, 6.45) is 4.19. The molecule has 2 aliphatic heterocycles. The van der Waals surface area contributed by atoms with Gasteiger partial charge in [-0.25, -0.2) is 0 Å². The van der Waals surface area contributed by atoms with Crippen molar-refractivity contribution in [3.63, 3.8) is 0 Å². The van der Waals surface area contributed by atoms with Gasteiger partial charge >= 0.3 is 0 Å². The van der Waals surface area contributed by atoms with Gasteiger partial charge in [0.25, 0.3) is 23.6 Å². The Labute approximate surface area is 127 Å².